The lowest BCUT2D eigenvalue weighted by atomic mass is 9.88. The number of carboxylic acid groups (broad SMARTS) is 1. The van der Waals surface area contributed by atoms with Crippen LogP contribution in [0.5, 0.6) is 0 Å². The molecule has 64 nitrogen and oxygen atoms in total. The number of nitrogens with one attached hydrogen (secondary N) is 5. The number of amides is 5. The van der Waals surface area contributed by atoms with Crippen molar-refractivity contribution in [2.24, 2.45) is 0 Å². The molecule has 35 N–H and O–H groups in total. The first-order chi connectivity index (χ1) is 68.6. The van der Waals surface area contributed by atoms with Gasteiger partial charge in [-0.2, -0.15) is 0 Å². The second kappa shape index (κ2) is 52.6. The van der Waals surface area contributed by atoms with Gasteiger partial charge >= 0.3 is 0 Å². The molecule has 838 valence electrons. The van der Waals surface area contributed by atoms with Crippen LogP contribution < -0.4 is 31.7 Å². The Kier molecular flexibility index (Phi) is 43.5. The maximum absolute atomic E-state index is 13.8. The predicted molar refractivity (Wildman–Crippen MR) is 444 cm³/mol. The molecule has 11 fully saturated rings. The number of aliphatic carboxylic acids is 1. The molecule has 0 saturated carbocycles. The first-order valence-electron chi connectivity index (χ1n) is 46.2. The zero-order valence-corrected chi connectivity index (χ0v) is 78.1. The highest BCUT2D eigenvalue weighted by Gasteiger charge is 2.65. The predicted octanol–water partition coefficient (Wildman–Crippen LogP) is -25.3. The van der Waals surface area contributed by atoms with Gasteiger partial charge in [-0.05, 0) is 13.8 Å². The second-order valence-corrected chi connectivity index (χ2v) is 36.6. The Bertz CT molecular complexity index is 4050. The molecule has 145 heavy (non-hydrogen) atoms. The first-order valence-corrected chi connectivity index (χ1v) is 46.2. The van der Waals surface area contributed by atoms with Gasteiger partial charge in [-0.3, -0.25) is 24.0 Å². The Morgan fingerprint density at radius 2 is 0.628 bits per heavy atom. The van der Waals surface area contributed by atoms with Crippen LogP contribution in [0.15, 0.2) is 0 Å². The Hall–Kier alpha value is -5.26. The number of aliphatic hydroxyl groups is 30. The summed E-state index contributed by atoms with van der Waals surface area (Å²) >= 11 is 0. The van der Waals surface area contributed by atoms with Gasteiger partial charge in [0.2, 0.25) is 35.8 Å². The average molecular weight is 2120 g/mol. The van der Waals surface area contributed by atoms with E-state index in [1.54, 1.807) is 0 Å². The lowest BCUT2D eigenvalue weighted by Crippen LogP contribution is -2.73. The van der Waals surface area contributed by atoms with Crippen LogP contribution in [0.1, 0.15) is 48.0 Å². The van der Waals surface area contributed by atoms with E-state index in [4.69, 9.17) is 104 Å². The van der Waals surface area contributed by atoms with E-state index in [1.807, 2.05) is 0 Å². The molecule has 64 heteroatoms. The monoisotopic (exact) mass is 2120 g/mol. The van der Waals surface area contributed by atoms with E-state index in [1.165, 1.54) is 13.8 Å². The van der Waals surface area contributed by atoms with Crippen LogP contribution in [0, 0.1) is 0 Å². The minimum Gasteiger partial charge on any atom is -0.544 e. The van der Waals surface area contributed by atoms with Crippen molar-refractivity contribution in [3.8, 4) is 0 Å². The van der Waals surface area contributed by atoms with Crippen LogP contribution in [-0.4, -0.2) is 611 Å². The Labute approximate surface area is 821 Å². The molecule has 11 rings (SSSR count). The van der Waals surface area contributed by atoms with Gasteiger partial charge in [0.25, 0.3) is 0 Å². The summed E-state index contributed by atoms with van der Waals surface area (Å²) in [6.45, 7) is -6.51. The summed E-state index contributed by atoms with van der Waals surface area (Å²) in [7, 11) is 0. The molecule has 0 aromatic heterocycles. The van der Waals surface area contributed by atoms with Gasteiger partial charge in [0.1, 0.15) is 256 Å². The number of carboxylic acids is 1. The van der Waals surface area contributed by atoms with E-state index < -0.39 is 458 Å². The molecule has 0 aromatic carbocycles. The van der Waals surface area contributed by atoms with Gasteiger partial charge in [0.05, 0.1) is 103 Å². The lowest BCUT2D eigenvalue weighted by Gasteiger charge is -2.53. The van der Waals surface area contributed by atoms with Crippen molar-refractivity contribution >= 4 is 36.0 Å². The number of carbonyl (C=O) groups excluding carboxylic acids is 6. The largest absolute Gasteiger partial charge is 0.544 e. The van der Waals surface area contributed by atoms with Crippen LogP contribution in [0.2, 0.25) is 0 Å². The van der Waals surface area contributed by atoms with Crippen molar-refractivity contribution in [2.75, 3.05) is 72.7 Å². The van der Waals surface area contributed by atoms with Gasteiger partial charge in [0.15, 0.2) is 62.9 Å². The van der Waals surface area contributed by atoms with E-state index in [0.29, 0.717) is 0 Å². The maximum Gasteiger partial charge on any atom is 0.217 e. The molecule has 0 radical (unpaired) electrons. The molecular formula is C81H134N5O59-. The van der Waals surface area contributed by atoms with Crippen LogP contribution in [0.4, 0.5) is 0 Å². The van der Waals surface area contributed by atoms with Gasteiger partial charge < -0.3 is 294 Å². The van der Waals surface area contributed by atoms with E-state index in [9.17, 15) is 187 Å². The summed E-state index contributed by atoms with van der Waals surface area (Å²) in [6, 6.07) is -9.25. The zero-order valence-electron chi connectivity index (χ0n) is 78.1. The minimum atomic E-state index is -3.49. The Morgan fingerprint density at radius 1 is 0.331 bits per heavy atom. The van der Waals surface area contributed by atoms with Gasteiger partial charge in [-0.15, -0.1) is 0 Å². The van der Waals surface area contributed by atoms with Crippen LogP contribution in [0.3, 0.4) is 0 Å². The zero-order chi connectivity index (χ0) is 107. The number of carbonyl (C=O) groups is 6. The fraction of sp³-hybridized carbons (Fsp3) is 0.926. The highest BCUT2D eigenvalue weighted by molar-refractivity contribution is 5.76. The molecule has 5 amide bonds. The van der Waals surface area contributed by atoms with Crippen LogP contribution in [0.25, 0.3) is 0 Å². The Balaban J connectivity index is 0.876. The smallest absolute Gasteiger partial charge is 0.217 e. The van der Waals surface area contributed by atoms with Gasteiger partial charge in [-0.1, -0.05) is 0 Å². The summed E-state index contributed by atoms with van der Waals surface area (Å²) < 4.78 is 132. The second-order valence-electron chi connectivity index (χ2n) is 36.6. The fourth-order valence-corrected chi connectivity index (χ4v) is 18.7. The minimum absolute atomic E-state index is 0.237. The van der Waals surface area contributed by atoms with E-state index in [-0.39, 0.29) is 6.41 Å². The normalized spacial score (nSPS) is 47.5. The quantitative estimate of drug-likeness (QED) is 0.0252. The third kappa shape index (κ3) is 26.7. The molecule has 11 saturated heterocycles. The number of ether oxygens (including phenoxy) is 22. The summed E-state index contributed by atoms with van der Waals surface area (Å²) in [5.41, 5.74) is 0. The summed E-state index contributed by atoms with van der Waals surface area (Å²) in [4.78, 5) is 77.4. The molecule has 11 aliphatic heterocycles. The maximum atomic E-state index is 13.8. The third-order valence-electron chi connectivity index (χ3n) is 26.4. The molecule has 57 atom stereocenters. The lowest BCUT2D eigenvalue weighted by molar-refractivity contribution is -0.415. The molecule has 11 heterocycles. The van der Waals surface area contributed by atoms with Gasteiger partial charge in [-0.25, -0.2) is 0 Å². The third-order valence-corrected chi connectivity index (χ3v) is 26.4. The number of rotatable bonds is 42. The molecule has 0 aliphatic carbocycles. The highest BCUT2D eigenvalue weighted by Crippen LogP contribution is 2.45. The highest BCUT2D eigenvalue weighted by atomic mass is 16.8. The summed E-state index contributed by atoms with van der Waals surface area (Å²) in [5, 5.41) is 364. The first kappa shape index (κ1) is 120. The summed E-state index contributed by atoms with van der Waals surface area (Å²) in [6.07, 6.45) is -113. The van der Waals surface area contributed by atoms with E-state index in [0.717, 1.165) is 27.7 Å². The van der Waals surface area contributed by atoms with E-state index >= 15 is 0 Å². The molecule has 0 bridgehead atoms. The van der Waals surface area contributed by atoms with E-state index in [2.05, 4.69) is 26.6 Å². The topological polar surface area (TPSA) is 996 Å². The van der Waals surface area contributed by atoms with Crippen LogP contribution >= 0.6 is 0 Å². The van der Waals surface area contributed by atoms with Crippen molar-refractivity contribution in [3.05, 3.63) is 0 Å². The van der Waals surface area contributed by atoms with Gasteiger partial charge in [0, 0.05) is 34.1 Å². The molecular weight excluding hydrogens is 1990 g/mol. The molecule has 0 spiro atoms. The number of hydrogen-bond donors (Lipinski definition) is 35. The molecule has 11 aliphatic rings. The standard InChI is InChI=1S/C81H135N5O59/c1-20-41(104)49(112)52(115)74(125-20)139-64-39(85-24(5)100)71(142-67-45(108)30(11-90)127-76(56(67)119)135-59-33(14-93)131-70(38(48(59)111)84-23(4)99)141-66-44(107)29(10-89)128-77(55(66)118)136-60-34(15-94)134-73(54(117)51(60)114)124-18-26(8-87)82-19-97)132-35(16-95)61(64)137-78-57(120)68(46(109)31(12-91)129-78)143-72-40(86-25(6)101)65(140-75-53(116)50(113)42(105)21(2)126-75)62(36(17-96)133-72)138-79-58(121)69(47(110)32(13-92)130-79)145-81(80(122)123)7-27(102)37(83-22(3)98)63(144-81)43(106)28(103)9-88/h19-21,26-79,87-96,102-121H,7-18H2,1-6H3,(H,82,97)(H,83,98)(H,84,99)(H,85,100)(H,86,101)(H,122,123)/p-1/t20-,21-,26+,27-,28+,29+,30+,31+,32+,33+,34+,35+,36+,37+,38+,39+,40+,41+,42+,43+,44-,45-,46-,47-,48+,49+,50+,51+,52-,53-,54+,55+,56+,57+,58+,59+,60+,61+,62+,63+,64+,65+,66-,67-,68-,69-,70-,71-,72-,73+,74-,75-,76-,77-,78-,79-,81-/m0/s1. The van der Waals surface area contributed by atoms with Crippen molar-refractivity contribution in [2.45, 2.75) is 397 Å². The number of aliphatic hydroxyl groups excluding tert-OH is 30. The summed E-state index contributed by atoms with van der Waals surface area (Å²) in [5.74, 6) is -10.1. The van der Waals surface area contributed by atoms with Crippen molar-refractivity contribution < 1.29 is 291 Å². The Morgan fingerprint density at radius 3 is 0.979 bits per heavy atom. The van der Waals surface area contributed by atoms with Crippen molar-refractivity contribution in [1.82, 2.24) is 26.6 Å². The van der Waals surface area contributed by atoms with Crippen LogP contribution in [-0.2, 0) is 133 Å². The average Bonchev–Trinajstić information content (AvgIpc) is 0.747. The molecule has 0 aromatic rings. The SMILES string of the molecule is CC(=O)N[C@H]1[C@H](O[C@H]2[C@@H](O)[C@@H](CO)O[C@@H](O[C@H]3[C@H](O)[C@@H](O)[C@H](OC[C@@H](CO)NC=O)O[C@@H]3CO)[C@@H]2O)O[C@H](CO)[C@@H](O[C@@H]2O[C@H](CO)[C@H](O)[C@H](O[C@@H]3O[C@H](CO)[C@@H](O[C@@H]4O[C@H](CO)[C@H](O)[C@H](O[C@@H]5O[C@H](CO)[C@@H](O[C@@H]6O[C@H](CO)[C@H](O)[C@H](O[C@]7(C(=O)[O-])C[C@H](O)[C@@H](NC(C)=O)[C@H]([C@H](O)[C@H](O)CO)O7)[C@H]6O)[C@H](O[C@@H]6O[C@@H](C)[C@@H](O)[C@@H](O)[C@@H]6O)[C@H]5NC(C)=O)[C@H]4O)[C@H](O[C@@H]4O[C@@H](C)[C@@H](O)[C@@H](O)[C@@H]4O)[C@H]3NC(C)=O)[C@H]2O)[C@@H]1O. The fourth-order valence-electron chi connectivity index (χ4n) is 18.7. The van der Waals surface area contributed by atoms with Crippen molar-refractivity contribution in [1.29, 1.82) is 0 Å². The number of hydrogen-bond acceptors (Lipinski definition) is 59. The van der Waals surface area contributed by atoms with Crippen molar-refractivity contribution in [3.63, 3.8) is 0 Å². The molecule has 0 unspecified atom stereocenters.